The molecule has 0 aliphatic heterocycles. The van der Waals surface area contributed by atoms with Gasteiger partial charge in [0.2, 0.25) is 10.0 Å². The van der Waals surface area contributed by atoms with E-state index in [9.17, 15) is 12.8 Å². The minimum Gasteiger partial charge on any atom is -0.398 e. The second-order valence-electron chi connectivity index (χ2n) is 4.32. The first-order valence-electron chi connectivity index (χ1n) is 5.88. The van der Waals surface area contributed by atoms with Crippen molar-refractivity contribution < 1.29 is 17.5 Å². The number of nitrogens with one attached hydrogen (secondary N) is 1. The molecular formula is C12H19FN2O3S. The van der Waals surface area contributed by atoms with E-state index in [0.717, 1.165) is 12.1 Å². The Kier molecular flexibility index (Phi) is 5.28. The summed E-state index contributed by atoms with van der Waals surface area (Å²) in [4.78, 5) is -0.440. The first-order valence-corrected chi connectivity index (χ1v) is 7.37. The van der Waals surface area contributed by atoms with Gasteiger partial charge >= 0.3 is 0 Å². The standard InChI is InChI=1S/C12H19FN2O3S/c1-4-9(7-18-3)15-19(16,17)12-6-11(14)8(2)5-10(12)13/h5-6,9,15H,4,7,14H2,1-3H3. The molecular weight excluding hydrogens is 271 g/mol. The van der Waals surface area contributed by atoms with Crippen LogP contribution in [0.5, 0.6) is 0 Å². The molecule has 19 heavy (non-hydrogen) atoms. The van der Waals surface area contributed by atoms with Crippen LogP contribution in [0.2, 0.25) is 0 Å². The summed E-state index contributed by atoms with van der Waals surface area (Å²) in [6, 6.07) is 1.84. The number of nitrogen functional groups attached to an aromatic ring is 1. The van der Waals surface area contributed by atoms with Crippen molar-refractivity contribution in [3.8, 4) is 0 Å². The van der Waals surface area contributed by atoms with E-state index in [1.165, 1.54) is 7.11 Å². The third-order valence-electron chi connectivity index (χ3n) is 2.79. The third-order valence-corrected chi connectivity index (χ3v) is 4.33. The van der Waals surface area contributed by atoms with Crippen LogP contribution in [0.15, 0.2) is 17.0 Å². The average Bonchev–Trinajstić information content (AvgIpc) is 2.32. The minimum absolute atomic E-state index is 0.221. The molecule has 0 aliphatic rings. The Hall–Kier alpha value is -1.18. The minimum atomic E-state index is -3.95. The Bertz CT molecular complexity index is 546. The third kappa shape index (κ3) is 3.89. The lowest BCUT2D eigenvalue weighted by Gasteiger charge is -2.17. The van der Waals surface area contributed by atoms with E-state index in [1.54, 1.807) is 6.92 Å². The monoisotopic (exact) mass is 290 g/mol. The molecule has 0 heterocycles. The van der Waals surface area contributed by atoms with E-state index in [-0.39, 0.29) is 12.3 Å². The van der Waals surface area contributed by atoms with Crippen molar-refractivity contribution in [1.82, 2.24) is 4.72 Å². The molecule has 7 heteroatoms. The van der Waals surface area contributed by atoms with Crippen LogP contribution in [-0.2, 0) is 14.8 Å². The van der Waals surface area contributed by atoms with Crippen molar-refractivity contribution in [3.05, 3.63) is 23.5 Å². The number of sulfonamides is 1. The lowest BCUT2D eigenvalue weighted by atomic mass is 10.2. The number of hydrogen-bond donors (Lipinski definition) is 2. The molecule has 5 nitrogen and oxygen atoms in total. The van der Waals surface area contributed by atoms with Crippen LogP contribution in [0.3, 0.4) is 0 Å². The zero-order valence-electron chi connectivity index (χ0n) is 11.2. The average molecular weight is 290 g/mol. The molecule has 0 bridgehead atoms. The van der Waals surface area contributed by atoms with Gasteiger partial charge in [-0.05, 0) is 31.0 Å². The van der Waals surface area contributed by atoms with Crippen molar-refractivity contribution in [2.45, 2.75) is 31.2 Å². The van der Waals surface area contributed by atoms with Gasteiger partial charge < -0.3 is 10.5 Å². The fourth-order valence-corrected chi connectivity index (χ4v) is 2.99. The number of rotatable bonds is 6. The summed E-state index contributed by atoms with van der Waals surface area (Å²) in [5.74, 6) is -0.813. The van der Waals surface area contributed by atoms with Crippen LogP contribution >= 0.6 is 0 Å². The van der Waals surface area contributed by atoms with Crippen molar-refractivity contribution in [3.63, 3.8) is 0 Å². The van der Waals surface area contributed by atoms with Gasteiger partial charge in [0.15, 0.2) is 0 Å². The molecule has 108 valence electrons. The van der Waals surface area contributed by atoms with Crippen LogP contribution in [0.25, 0.3) is 0 Å². The summed E-state index contributed by atoms with van der Waals surface area (Å²) < 4.78 is 45.3. The number of nitrogens with two attached hydrogens (primary N) is 1. The Morgan fingerprint density at radius 3 is 2.63 bits per heavy atom. The molecule has 0 amide bonds. The van der Waals surface area contributed by atoms with Gasteiger partial charge in [-0.15, -0.1) is 0 Å². The molecule has 1 atom stereocenters. The first kappa shape index (κ1) is 15.9. The van der Waals surface area contributed by atoms with Crippen LogP contribution in [0, 0.1) is 12.7 Å². The van der Waals surface area contributed by atoms with Crippen molar-refractivity contribution >= 4 is 15.7 Å². The first-order chi connectivity index (χ1) is 8.81. The number of methoxy groups -OCH3 is 1. The Balaban J connectivity index is 3.10. The van der Waals surface area contributed by atoms with E-state index >= 15 is 0 Å². The van der Waals surface area contributed by atoms with Crippen LogP contribution in [-0.4, -0.2) is 28.2 Å². The van der Waals surface area contributed by atoms with Crippen LogP contribution < -0.4 is 10.5 Å². The highest BCUT2D eigenvalue weighted by Gasteiger charge is 2.23. The van der Waals surface area contributed by atoms with Gasteiger partial charge in [-0.25, -0.2) is 17.5 Å². The molecule has 0 fully saturated rings. The molecule has 0 radical (unpaired) electrons. The highest BCUT2D eigenvalue weighted by atomic mass is 32.2. The quantitative estimate of drug-likeness (QED) is 0.776. The maximum Gasteiger partial charge on any atom is 0.243 e. The molecule has 1 unspecified atom stereocenters. The highest BCUT2D eigenvalue weighted by molar-refractivity contribution is 7.89. The van der Waals surface area contributed by atoms with Gasteiger partial charge in [-0.1, -0.05) is 6.92 Å². The van der Waals surface area contributed by atoms with E-state index in [4.69, 9.17) is 10.5 Å². The maximum absolute atomic E-state index is 13.8. The van der Waals surface area contributed by atoms with Crippen LogP contribution in [0.4, 0.5) is 10.1 Å². The molecule has 1 aromatic carbocycles. The normalized spacial score (nSPS) is 13.5. The predicted molar refractivity (Wildman–Crippen MR) is 71.8 cm³/mol. The number of anilines is 1. The Morgan fingerprint density at radius 1 is 1.47 bits per heavy atom. The number of ether oxygens (including phenoxy) is 1. The summed E-state index contributed by atoms with van der Waals surface area (Å²) in [5.41, 5.74) is 6.36. The number of aryl methyl sites for hydroxylation is 1. The molecule has 3 N–H and O–H groups in total. The van der Waals surface area contributed by atoms with Gasteiger partial charge in [0.05, 0.1) is 6.61 Å². The van der Waals surface area contributed by atoms with Gasteiger partial charge in [0.1, 0.15) is 10.7 Å². The maximum atomic E-state index is 13.8. The molecule has 1 aromatic rings. The smallest absolute Gasteiger partial charge is 0.243 e. The Morgan fingerprint density at radius 2 is 2.11 bits per heavy atom. The second kappa shape index (κ2) is 6.31. The van der Waals surface area contributed by atoms with Gasteiger partial charge in [0.25, 0.3) is 0 Å². The van der Waals surface area contributed by atoms with Crippen molar-refractivity contribution in [2.24, 2.45) is 0 Å². The fraction of sp³-hybridized carbons (Fsp3) is 0.500. The van der Waals surface area contributed by atoms with Gasteiger partial charge in [-0.3, -0.25) is 0 Å². The lowest BCUT2D eigenvalue weighted by Crippen LogP contribution is -2.37. The molecule has 0 aliphatic carbocycles. The van der Waals surface area contributed by atoms with Gasteiger partial charge in [0, 0.05) is 18.8 Å². The summed E-state index contributed by atoms with van der Waals surface area (Å²) in [5, 5.41) is 0. The lowest BCUT2D eigenvalue weighted by molar-refractivity contribution is 0.173. The molecule has 0 saturated carbocycles. The largest absolute Gasteiger partial charge is 0.398 e. The molecule has 0 spiro atoms. The SMILES string of the molecule is CCC(COC)NS(=O)(=O)c1cc(N)c(C)cc1F. The second-order valence-corrected chi connectivity index (χ2v) is 6.00. The van der Waals surface area contributed by atoms with E-state index in [1.807, 2.05) is 6.92 Å². The van der Waals surface area contributed by atoms with E-state index in [0.29, 0.717) is 12.0 Å². The summed E-state index contributed by atoms with van der Waals surface area (Å²) in [6.07, 6.45) is 0.538. The molecule has 0 aromatic heterocycles. The van der Waals surface area contributed by atoms with Crippen molar-refractivity contribution in [2.75, 3.05) is 19.5 Å². The van der Waals surface area contributed by atoms with E-state index in [2.05, 4.69) is 4.72 Å². The van der Waals surface area contributed by atoms with Gasteiger partial charge in [-0.2, -0.15) is 0 Å². The zero-order valence-corrected chi connectivity index (χ0v) is 12.1. The number of halogens is 1. The number of benzene rings is 1. The van der Waals surface area contributed by atoms with Crippen molar-refractivity contribution in [1.29, 1.82) is 0 Å². The summed E-state index contributed by atoms with van der Waals surface area (Å²) in [6.45, 7) is 3.65. The molecule has 1 rings (SSSR count). The zero-order chi connectivity index (χ0) is 14.6. The topological polar surface area (TPSA) is 81.4 Å². The summed E-state index contributed by atoms with van der Waals surface area (Å²) in [7, 11) is -2.48. The highest BCUT2D eigenvalue weighted by Crippen LogP contribution is 2.21. The summed E-state index contributed by atoms with van der Waals surface area (Å²) >= 11 is 0. The van der Waals surface area contributed by atoms with Crippen LogP contribution in [0.1, 0.15) is 18.9 Å². The number of hydrogen-bond acceptors (Lipinski definition) is 4. The Labute approximate surface area is 113 Å². The predicted octanol–water partition coefficient (Wildman–Crippen LogP) is 1.42. The molecule has 0 saturated heterocycles. The fourth-order valence-electron chi connectivity index (χ4n) is 1.59. The van der Waals surface area contributed by atoms with E-state index < -0.39 is 26.8 Å².